The summed E-state index contributed by atoms with van der Waals surface area (Å²) in [5, 5.41) is 3.78. The van der Waals surface area contributed by atoms with E-state index in [0.29, 0.717) is 37.1 Å². The highest BCUT2D eigenvalue weighted by molar-refractivity contribution is 7.89. The molecule has 0 aliphatic carbocycles. The van der Waals surface area contributed by atoms with Gasteiger partial charge in [0.2, 0.25) is 10.0 Å². The number of ether oxygens (including phenoxy) is 1. The molecule has 0 aromatic carbocycles. The van der Waals surface area contributed by atoms with E-state index < -0.39 is 10.0 Å². The van der Waals surface area contributed by atoms with E-state index in [0.717, 1.165) is 30.9 Å². The van der Waals surface area contributed by atoms with Crippen molar-refractivity contribution in [3.05, 3.63) is 29.2 Å². The van der Waals surface area contributed by atoms with E-state index in [1.807, 2.05) is 13.1 Å². The largest absolute Gasteiger partial charge is 0.377 e. The molecule has 0 amide bonds. The Labute approximate surface area is 154 Å². The Balaban J connectivity index is 1.67. The van der Waals surface area contributed by atoms with E-state index in [9.17, 15) is 8.42 Å². The number of hydrogen-bond acceptors (Lipinski definition) is 6. The van der Waals surface area contributed by atoms with E-state index in [1.54, 1.807) is 25.3 Å². The molecule has 1 aliphatic heterocycles. The second-order valence-corrected chi connectivity index (χ2v) is 8.73. The fourth-order valence-corrected chi connectivity index (χ4v) is 5.33. The average molecular weight is 382 g/mol. The molecule has 1 saturated heterocycles. The average Bonchev–Trinajstić information content (AvgIpc) is 3.12. The zero-order valence-electron chi connectivity index (χ0n) is 15.7. The van der Waals surface area contributed by atoms with Crippen LogP contribution in [-0.4, -0.2) is 47.6 Å². The first-order chi connectivity index (χ1) is 12.3. The molecular formula is C17H26N4O4S. The Bertz CT molecular complexity index is 844. The first-order valence-electron chi connectivity index (χ1n) is 8.77. The molecule has 0 unspecified atom stereocenters. The van der Waals surface area contributed by atoms with Crippen molar-refractivity contribution in [1.29, 1.82) is 0 Å². The van der Waals surface area contributed by atoms with Crippen LogP contribution < -0.4 is 0 Å². The van der Waals surface area contributed by atoms with Crippen LogP contribution in [0.1, 0.15) is 35.8 Å². The lowest BCUT2D eigenvalue weighted by Crippen LogP contribution is -2.39. The maximum atomic E-state index is 12.9. The summed E-state index contributed by atoms with van der Waals surface area (Å²) in [6, 6.07) is 0. The maximum Gasteiger partial charge on any atom is 0.248 e. The zero-order valence-corrected chi connectivity index (χ0v) is 16.5. The summed E-state index contributed by atoms with van der Waals surface area (Å²) in [6.45, 7) is 7.66. The molecule has 2 aromatic heterocycles. The monoisotopic (exact) mass is 382 g/mol. The van der Waals surface area contributed by atoms with Crippen LogP contribution >= 0.6 is 0 Å². The highest BCUT2D eigenvalue weighted by Crippen LogP contribution is 2.28. The Kier molecular flexibility index (Phi) is 5.50. The fourth-order valence-electron chi connectivity index (χ4n) is 3.57. The lowest BCUT2D eigenvalue weighted by Gasteiger charge is -2.31. The summed E-state index contributed by atoms with van der Waals surface area (Å²) in [5.74, 6) is 1.67. The maximum absolute atomic E-state index is 12.9. The van der Waals surface area contributed by atoms with Gasteiger partial charge in [0.25, 0.3) is 0 Å². The van der Waals surface area contributed by atoms with Crippen molar-refractivity contribution in [3.8, 4) is 0 Å². The summed E-state index contributed by atoms with van der Waals surface area (Å²) < 4.78 is 39.8. The van der Waals surface area contributed by atoms with Gasteiger partial charge in [0.15, 0.2) is 5.76 Å². The number of aryl methyl sites for hydroxylation is 3. The van der Waals surface area contributed by atoms with Crippen molar-refractivity contribution in [2.45, 2.75) is 51.7 Å². The number of rotatable bonds is 6. The summed E-state index contributed by atoms with van der Waals surface area (Å²) in [4.78, 5) is 4.60. The number of methoxy groups -OCH3 is 1. The Morgan fingerprint density at radius 3 is 2.54 bits per heavy atom. The molecule has 8 nitrogen and oxygen atoms in total. The second kappa shape index (κ2) is 7.50. The number of hydrogen-bond donors (Lipinski definition) is 0. The number of sulfonamides is 1. The second-order valence-electron chi connectivity index (χ2n) is 6.86. The van der Waals surface area contributed by atoms with Crippen molar-refractivity contribution >= 4 is 10.0 Å². The van der Waals surface area contributed by atoms with Gasteiger partial charge >= 0.3 is 0 Å². The zero-order chi connectivity index (χ0) is 18.9. The van der Waals surface area contributed by atoms with Crippen molar-refractivity contribution < 1.29 is 17.7 Å². The summed E-state index contributed by atoms with van der Waals surface area (Å²) >= 11 is 0. The van der Waals surface area contributed by atoms with Gasteiger partial charge in [-0.25, -0.2) is 13.4 Å². The summed E-state index contributed by atoms with van der Waals surface area (Å²) in [7, 11) is -1.89. The van der Waals surface area contributed by atoms with Gasteiger partial charge in [-0.15, -0.1) is 0 Å². The summed E-state index contributed by atoms with van der Waals surface area (Å²) in [6.07, 6.45) is 3.48. The number of imidazole rings is 1. The highest BCUT2D eigenvalue weighted by atomic mass is 32.2. The topological polar surface area (TPSA) is 90.5 Å². The normalized spacial score (nSPS) is 17.1. The van der Waals surface area contributed by atoms with Gasteiger partial charge in [0.1, 0.15) is 23.0 Å². The predicted molar refractivity (Wildman–Crippen MR) is 95.1 cm³/mol. The van der Waals surface area contributed by atoms with Crippen LogP contribution in [0.2, 0.25) is 0 Å². The molecule has 0 spiro atoms. The van der Waals surface area contributed by atoms with E-state index in [2.05, 4.69) is 14.7 Å². The van der Waals surface area contributed by atoms with Crippen LogP contribution in [0.3, 0.4) is 0 Å². The van der Waals surface area contributed by atoms with Gasteiger partial charge in [-0.05, 0) is 39.5 Å². The summed E-state index contributed by atoms with van der Waals surface area (Å²) in [5.41, 5.74) is 1.52. The third-order valence-electron chi connectivity index (χ3n) is 4.99. The van der Waals surface area contributed by atoms with Gasteiger partial charge < -0.3 is 13.8 Å². The SMILES string of the molecule is COCc1ncc(C)n1CC1CCN(S(=O)(=O)c2c(C)noc2C)CC1. The first-order valence-corrected chi connectivity index (χ1v) is 10.2. The molecule has 1 aliphatic rings. The molecular weight excluding hydrogens is 356 g/mol. The minimum absolute atomic E-state index is 0.212. The van der Waals surface area contributed by atoms with Crippen molar-refractivity contribution in [1.82, 2.24) is 19.0 Å². The molecule has 144 valence electrons. The molecule has 0 radical (unpaired) electrons. The van der Waals surface area contributed by atoms with Gasteiger partial charge in [-0.2, -0.15) is 4.31 Å². The predicted octanol–water partition coefficient (Wildman–Crippen LogP) is 2.04. The number of aromatic nitrogens is 3. The fraction of sp³-hybridized carbons (Fsp3) is 0.647. The van der Waals surface area contributed by atoms with Gasteiger partial charge in [-0.1, -0.05) is 5.16 Å². The van der Waals surface area contributed by atoms with Crippen LogP contribution in [0.15, 0.2) is 15.6 Å². The molecule has 1 fully saturated rings. The van der Waals surface area contributed by atoms with Gasteiger partial charge in [0, 0.05) is 38.6 Å². The lowest BCUT2D eigenvalue weighted by atomic mass is 9.98. The molecule has 3 heterocycles. The third-order valence-corrected chi connectivity index (χ3v) is 7.13. The Morgan fingerprint density at radius 1 is 1.27 bits per heavy atom. The molecule has 0 N–H and O–H groups in total. The molecule has 3 rings (SSSR count). The molecule has 2 aromatic rings. The quantitative estimate of drug-likeness (QED) is 0.759. The number of nitrogens with zero attached hydrogens (tertiary/aromatic N) is 4. The van der Waals surface area contributed by atoms with Crippen LogP contribution in [0.4, 0.5) is 0 Å². The molecule has 9 heteroatoms. The van der Waals surface area contributed by atoms with Crippen molar-refractivity contribution in [2.75, 3.05) is 20.2 Å². The minimum Gasteiger partial charge on any atom is -0.377 e. The first kappa shape index (κ1) is 19.1. The van der Waals surface area contributed by atoms with E-state index in [4.69, 9.17) is 9.26 Å². The van der Waals surface area contributed by atoms with Gasteiger partial charge in [-0.3, -0.25) is 0 Å². The number of piperidine rings is 1. The van der Waals surface area contributed by atoms with Crippen LogP contribution in [0.25, 0.3) is 0 Å². The lowest BCUT2D eigenvalue weighted by molar-refractivity contribution is 0.170. The van der Waals surface area contributed by atoms with Crippen LogP contribution in [0.5, 0.6) is 0 Å². The third kappa shape index (κ3) is 3.56. The molecule has 26 heavy (non-hydrogen) atoms. The minimum atomic E-state index is -3.55. The van der Waals surface area contributed by atoms with Crippen molar-refractivity contribution in [3.63, 3.8) is 0 Å². The smallest absolute Gasteiger partial charge is 0.248 e. The van der Waals surface area contributed by atoms with Crippen LogP contribution in [-0.2, 0) is 27.9 Å². The van der Waals surface area contributed by atoms with E-state index >= 15 is 0 Å². The highest BCUT2D eigenvalue weighted by Gasteiger charge is 2.34. The van der Waals surface area contributed by atoms with E-state index in [-0.39, 0.29) is 4.90 Å². The van der Waals surface area contributed by atoms with Crippen molar-refractivity contribution in [2.24, 2.45) is 5.92 Å². The molecule has 0 bridgehead atoms. The Hall–Kier alpha value is -1.71. The standard InChI is InChI=1S/C17H26N4O4S/c1-12-9-18-16(11-24-4)21(12)10-15-5-7-20(8-6-15)26(22,23)17-13(2)19-25-14(17)3/h9,15H,5-8,10-11H2,1-4H3. The van der Waals surface area contributed by atoms with Crippen LogP contribution in [0, 0.1) is 26.7 Å². The molecule has 0 atom stereocenters. The Morgan fingerprint density at radius 2 is 1.96 bits per heavy atom. The molecule has 0 saturated carbocycles. The van der Waals surface area contributed by atoms with E-state index in [1.165, 1.54) is 0 Å². The van der Waals surface area contributed by atoms with Gasteiger partial charge in [0.05, 0.1) is 0 Å².